The zero-order chi connectivity index (χ0) is 28.8. The summed E-state index contributed by atoms with van der Waals surface area (Å²) in [6, 6.07) is 11.0. The second-order valence-corrected chi connectivity index (χ2v) is 9.44. The molecule has 1 saturated heterocycles. The van der Waals surface area contributed by atoms with Gasteiger partial charge in [-0.15, -0.1) is 6.58 Å². The van der Waals surface area contributed by atoms with Crippen LogP contribution in [-0.4, -0.2) is 36.5 Å². The molecular weight excluding hydrogens is 559 g/mol. The predicted molar refractivity (Wildman–Crippen MR) is 149 cm³/mol. The monoisotopic (exact) mass is 584 g/mol. The van der Waals surface area contributed by atoms with E-state index < -0.39 is 17.9 Å². The molecule has 3 aromatic rings. The number of urea groups is 1. The van der Waals surface area contributed by atoms with E-state index in [9.17, 15) is 14.4 Å². The summed E-state index contributed by atoms with van der Waals surface area (Å²) in [5.41, 5.74) is 2.18. The highest BCUT2D eigenvalue weighted by Crippen LogP contribution is 2.36. The molecule has 11 heteroatoms. The Morgan fingerprint density at radius 2 is 1.90 bits per heavy atom. The molecule has 0 saturated carbocycles. The molecule has 40 heavy (non-hydrogen) atoms. The van der Waals surface area contributed by atoms with Crippen LogP contribution in [0.2, 0.25) is 10.0 Å². The molecule has 208 valence electrons. The number of hydrogen-bond acceptors (Lipinski definition) is 7. The van der Waals surface area contributed by atoms with E-state index in [2.05, 4.69) is 16.6 Å². The summed E-state index contributed by atoms with van der Waals surface area (Å²) in [5, 5.41) is 3.59. The van der Waals surface area contributed by atoms with Crippen LogP contribution in [0.5, 0.6) is 11.5 Å². The highest BCUT2D eigenvalue weighted by molar-refractivity contribution is 6.35. The van der Waals surface area contributed by atoms with Crippen LogP contribution < -0.4 is 14.8 Å². The Balaban J connectivity index is 1.59. The lowest BCUT2D eigenvalue weighted by atomic mass is 10.0. The molecule has 2 heterocycles. The summed E-state index contributed by atoms with van der Waals surface area (Å²) in [7, 11) is 1.23. The van der Waals surface area contributed by atoms with Gasteiger partial charge in [-0.2, -0.15) is 0 Å². The Hall–Kier alpha value is -4.21. The van der Waals surface area contributed by atoms with Crippen LogP contribution in [0.25, 0.3) is 6.08 Å². The largest absolute Gasteiger partial charge is 0.490 e. The van der Waals surface area contributed by atoms with Crippen LogP contribution >= 0.6 is 23.2 Å². The molecule has 0 radical (unpaired) electrons. The van der Waals surface area contributed by atoms with Crippen molar-refractivity contribution in [2.45, 2.75) is 26.5 Å². The minimum absolute atomic E-state index is 0.0286. The average Bonchev–Trinajstić information content (AvgIpc) is 3.49. The third-order valence-electron chi connectivity index (χ3n) is 5.84. The molecule has 1 aliphatic heterocycles. The molecule has 4 rings (SSSR count). The van der Waals surface area contributed by atoms with Crippen molar-refractivity contribution in [3.8, 4) is 11.5 Å². The van der Waals surface area contributed by atoms with E-state index in [0.717, 1.165) is 16.0 Å². The molecule has 0 atom stereocenters. The van der Waals surface area contributed by atoms with Crippen molar-refractivity contribution in [1.29, 1.82) is 0 Å². The van der Waals surface area contributed by atoms with Gasteiger partial charge in [0.05, 0.1) is 20.3 Å². The predicted octanol–water partition coefficient (Wildman–Crippen LogP) is 6.17. The molecule has 0 bridgehead atoms. The number of ether oxygens (including phenoxy) is 3. The first-order chi connectivity index (χ1) is 19.2. The van der Waals surface area contributed by atoms with Crippen molar-refractivity contribution in [1.82, 2.24) is 10.2 Å². The highest BCUT2D eigenvalue weighted by Gasteiger charge is 2.34. The third-order valence-corrected chi connectivity index (χ3v) is 6.43. The van der Waals surface area contributed by atoms with Crippen LogP contribution in [0.4, 0.5) is 4.79 Å². The maximum atomic E-state index is 13.1. The van der Waals surface area contributed by atoms with Crippen molar-refractivity contribution >= 4 is 47.2 Å². The normalized spacial score (nSPS) is 13.9. The molecule has 1 aromatic heterocycles. The number of rotatable bonds is 11. The van der Waals surface area contributed by atoms with Gasteiger partial charge in [-0.3, -0.25) is 9.69 Å². The van der Waals surface area contributed by atoms with Gasteiger partial charge in [0.1, 0.15) is 18.1 Å². The number of hydrogen-bond donors (Lipinski definition) is 1. The number of carbonyl (C=O) groups excluding carboxylic acids is 3. The second-order valence-electron chi connectivity index (χ2n) is 8.59. The number of nitrogens with one attached hydrogen (secondary N) is 1. The van der Waals surface area contributed by atoms with Gasteiger partial charge in [-0.05, 0) is 61.4 Å². The maximum absolute atomic E-state index is 13.1. The Morgan fingerprint density at radius 3 is 2.60 bits per heavy atom. The SMILES string of the molecule is C=CCc1cc(/C=C2\NC(=O)N(Cc3ccc(C(=O)OC)o3)C2=O)cc(OCC)c1OCc1ccc(Cl)cc1Cl. The van der Waals surface area contributed by atoms with Crippen molar-refractivity contribution in [2.75, 3.05) is 13.7 Å². The minimum atomic E-state index is -0.659. The van der Waals surface area contributed by atoms with Gasteiger partial charge in [0, 0.05) is 21.2 Å². The van der Waals surface area contributed by atoms with Gasteiger partial charge in [0.15, 0.2) is 11.5 Å². The summed E-state index contributed by atoms with van der Waals surface area (Å²) in [5.74, 6) is -0.0236. The zero-order valence-electron chi connectivity index (χ0n) is 21.8. The summed E-state index contributed by atoms with van der Waals surface area (Å²) < 4.78 is 22.0. The number of furan rings is 1. The lowest BCUT2D eigenvalue weighted by Gasteiger charge is -2.17. The van der Waals surface area contributed by atoms with Crippen molar-refractivity contribution in [2.24, 2.45) is 0 Å². The Morgan fingerprint density at radius 1 is 1.10 bits per heavy atom. The number of methoxy groups -OCH3 is 1. The van der Waals surface area contributed by atoms with Gasteiger partial charge < -0.3 is 23.9 Å². The van der Waals surface area contributed by atoms with E-state index in [-0.39, 0.29) is 30.4 Å². The molecule has 9 nitrogen and oxygen atoms in total. The molecule has 2 aromatic carbocycles. The summed E-state index contributed by atoms with van der Waals surface area (Å²) in [6.45, 7) is 6.06. The number of carbonyl (C=O) groups is 3. The van der Waals surface area contributed by atoms with E-state index in [1.54, 1.807) is 36.4 Å². The van der Waals surface area contributed by atoms with Gasteiger partial charge >= 0.3 is 12.0 Å². The van der Waals surface area contributed by atoms with Gasteiger partial charge in [0.25, 0.3) is 5.91 Å². The van der Waals surface area contributed by atoms with Crippen molar-refractivity contribution in [3.63, 3.8) is 0 Å². The number of halogens is 2. The van der Waals surface area contributed by atoms with Crippen LogP contribution in [0.1, 0.15) is 39.9 Å². The fraction of sp³-hybridized carbons (Fsp3) is 0.207. The van der Waals surface area contributed by atoms with Crippen molar-refractivity contribution < 1.29 is 33.0 Å². The summed E-state index contributed by atoms with van der Waals surface area (Å²) in [4.78, 5) is 38.3. The second kappa shape index (κ2) is 12.8. The average molecular weight is 585 g/mol. The van der Waals surface area contributed by atoms with Crippen LogP contribution in [-0.2, 0) is 29.1 Å². The topological polar surface area (TPSA) is 107 Å². The van der Waals surface area contributed by atoms with Gasteiger partial charge in [0.2, 0.25) is 5.76 Å². The van der Waals surface area contributed by atoms with E-state index >= 15 is 0 Å². The standard InChI is InChI=1S/C29H26Cl2N2O7/c1-4-6-18-11-17(13-25(38-5-2)26(18)39-16-19-7-8-20(30)14-22(19)31)12-23-27(34)33(29(36)32-23)15-21-9-10-24(40-21)28(35)37-3/h4,7-14H,1,5-6,15-16H2,2-3H3,(H,32,36)/b23-12-. The Bertz CT molecular complexity index is 1500. The summed E-state index contributed by atoms with van der Waals surface area (Å²) >= 11 is 12.3. The van der Waals surface area contributed by atoms with E-state index in [1.165, 1.54) is 19.2 Å². The fourth-order valence-corrected chi connectivity index (χ4v) is 4.46. The maximum Gasteiger partial charge on any atom is 0.373 e. The zero-order valence-corrected chi connectivity index (χ0v) is 23.3. The Kier molecular flexibility index (Phi) is 9.19. The van der Waals surface area contributed by atoms with E-state index in [1.807, 2.05) is 13.0 Å². The van der Waals surface area contributed by atoms with Crippen molar-refractivity contribution in [3.05, 3.63) is 99.1 Å². The Labute approximate surface area is 240 Å². The molecular formula is C29H26Cl2N2O7. The fourth-order valence-electron chi connectivity index (χ4n) is 4.00. The molecule has 0 spiro atoms. The molecule has 0 unspecified atom stereocenters. The number of allylic oxidation sites excluding steroid dienone is 1. The molecule has 1 N–H and O–H groups in total. The number of nitrogens with zero attached hydrogens (tertiary/aromatic N) is 1. The molecule has 1 fully saturated rings. The quantitative estimate of drug-likeness (QED) is 0.124. The first kappa shape index (κ1) is 28.8. The van der Waals surface area contributed by atoms with E-state index in [4.69, 9.17) is 37.1 Å². The van der Waals surface area contributed by atoms with Gasteiger partial charge in [-0.25, -0.2) is 9.59 Å². The molecule has 0 aliphatic carbocycles. The first-order valence-corrected chi connectivity index (χ1v) is 13.0. The van der Waals surface area contributed by atoms with Gasteiger partial charge in [-0.1, -0.05) is 35.3 Å². The highest BCUT2D eigenvalue weighted by atomic mass is 35.5. The smallest absolute Gasteiger partial charge is 0.373 e. The minimum Gasteiger partial charge on any atom is -0.490 e. The lowest BCUT2D eigenvalue weighted by Crippen LogP contribution is -2.30. The van der Waals surface area contributed by atoms with E-state index in [0.29, 0.717) is 40.1 Å². The first-order valence-electron chi connectivity index (χ1n) is 12.2. The number of amides is 3. The number of esters is 1. The van der Waals surface area contributed by atoms with Crippen LogP contribution in [0, 0.1) is 0 Å². The number of benzene rings is 2. The lowest BCUT2D eigenvalue weighted by molar-refractivity contribution is -0.123. The summed E-state index contributed by atoms with van der Waals surface area (Å²) in [6.07, 6.45) is 3.73. The molecule has 1 aliphatic rings. The molecule has 3 amide bonds. The van der Waals surface area contributed by atoms with Crippen LogP contribution in [0.3, 0.4) is 0 Å². The number of imide groups is 1. The van der Waals surface area contributed by atoms with Crippen LogP contribution in [0.15, 0.2) is 65.2 Å². The third kappa shape index (κ3) is 6.50.